The van der Waals surface area contributed by atoms with Gasteiger partial charge in [0.15, 0.2) is 11.5 Å². The van der Waals surface area contributed by atoms with Gasteiger partial charge in [-0.15, -0.1) is 13.2 Å². The van der Waals surface area contributed by atoms with E-state index in [0.29, 0.717) is 36.3 Å². The van der Waals surface area contributed by atoms with Crippen molar-refractivity contribution in [2.45, 2.75) is 52.6 Å². The number of carbonyl (C=O) groups excluding carboxylic acids is 2. The van der Waals surface area contributed by atoms with Crippen molar-refractivity contribution in [3.8, 4) is 11.5 Å². The highest BCUT2D eigenvalue weighted by Crippen LogP contribution is 2.35. The van der Waals surface area contributed by atoms with Gasteiger partial charge in [-0.25, -0.2) is 0 Å². The van der Waals surface area contributed by atoms with E-state index >= 15 is 0 Å². The van der Waals surface area contributed by atoms with E-state index in [-0.39, 0.29) is 23.5 Å². The van der Waals surface area contributed by atoms with Crippen LogP contribution in [0, 0.1) is 11.8 Å². The number of aldehydes is 1. The molecule has 194 valence electrons. The number of hydrogen-bond acceptors (Lipinski definition) is 6. The molecule has 3 rings (SSSR count). The molecule has 36 heavy (non-hydrogen) atoms. The van der Waals surface area contributed by atoms with Gasteiger partial charge < -0.3 is 19.6 Å². The van der Waals surface area contributed by atoms with Gasteiger partial charge in [-0.05, 0) is 48.7 Å². The van der Waals surface area contributed by atoms with E-state index in [1.807, 2.05) is 19.1 Å². The molecule has 10 heteroatoms. The molecule has 1 amide bonds. The number of ether oxygens (including phenoxy) is 2. The summed E-state index contributed by atoms with van der Waals surface area (Å²) in [6.45, 7) is 5.86. The number of hydrazone groups is 1. The smallest absolute Gasteiger partial charge is 0.493 e. The van der Waals surface area contributed by atoms with E-state index < -0.39 is 18.2 Å². The molecule has 7 nitrogen and oxygen atoms in total. The molecule has 0 saturated carbocycles. The molecular weight excluding hydrogens is 475 g/mol. The van der Waals surface area contributed by atoms with Gasteiger partial charge in [0.1, 0.15) is 12.3 Å². The first-order chi connectivity index (χ1) is 17.0. The lowest BCUT2D eigenvalue weighted by molar-refractivity contribution is -0.275. The highest BCUT2D eigenvalue weighted by atomic mass is 19.4. The number of amides is 1. The van der Waals surface area contributed by atoms with E-state index in [4.69, 9.17) is 9.84 Å². The number of methoxy groups -OCH3 is 1. The molecule has 1 N–H and O–H groups in total. The van der Waals surface area contributed by atoms with Gasteiger partial charge in [-0.2, -0.15) is 5.10 Å². The van der Waals surface area contributed by atoms with Gasteiger partial charge in [0.2, 0.25) is 5.91 Å². The molecule has 2 unspecified atom stereocenters. The van der Waals surface area contributed by atoms with E-state index in [1.54, 1.807) is 37.1 Å². The quantitative estimate of drug-likeness (QED) is 0.462. The third-order valence-corrected chi connectivity index (χ3v) is 5.96. The fraction of sp³-hybridized carbons (Fsp3) is 0.423. The minimum atomic E-state index is -4.88. The van der Waals surface area contributed by atoms with Crippen LogP contribution in [-0.2, 0) is 16.1 Å². The SMILES string of the molecule is CCC1CC(C=O)N(Cc2ccc(NC(=O)C(C)C)cc2)N=C1c1ccc(OC)c(OC(F)(F)F)c1. The van der Waals surface area contributed by atoms with Crippen LogP contribution in [0.1, 0.15) is 44.7 Å². The molecule has 1 heterocycles. The fourth-order valence-electron chi connectivity index (χ4n) is 3.96. The number of hydrogen-bond donors (Lipinski definition) is 1. The summed E-state index contributed by atoms with van der Waals surface area (Å²) >= 11 is 0. The molecule has 1 aliphatic heterocycles. The Morgan fingerprint density at radius 2 is 1.89 bits per heavy atom. The monoisotopic (exact) mass is 505 g/mol. The zero-order valence-electron chi connectivity index (χ0n) is 20.6. The van der Waals surface area contributed by atoms with Crippen molar-refractivity contribution >= 4 is 23.6 Å². The fourth-order valence-corrected chi connectivity index (χ4v) is 3.96. The summed E-state index contributed by atoms with van der Waals surface area (Å²) in [4.78, 5) is 23.8. The number of halogens is 3. The number of anilines is 1. The number of rotatable bonds is 9. The lowest BCUT2D eigenvalue weighted by Crippen LogP contribution is -2.41. The molecule has 0 saturated heterocycles. The van der Waals surface area contributed by atoms with Crippen LogP contribution >= 0.6 is 0 Å². The Balaban J connectivity index is 1.90. The predicted molar refractivity (Wildman–Crippen MR) is 130 cm³/mol. The second kappa shape index (κ2) is 11.5. The van der Waals surface area contributed by atoms with Crippen molar-refractivity contribution in [3.05, 3.63) is 53.6 Å². The summed E-state index contributed by atoms with van der Waals surface area (Å²) in [5.41, 5.74) is 2.56. The maximum absolute atomic E-state index is 12.9. The van der Waals surface area contributed by atoms with Gasteiger partial charge >= 0.3 is 6.36 Å². The van der Waals surface area contributed by atoms with Crippen LogP contribution in [-0.4, -0.2) is 42.4 Å². The first kappa shape index (κ1) is 27.0. The second-order valence-corrected chi connectivity index (χ2v) is 8.88. The minimum Gasteiger partial charge on any atom is -0.493 e. The Hall–Kier alpha value is -3.56. The molecule has 0 spiro atoms. The molecule has 0 radical (unpaired) electrons. The summed E-state index contributed by atoms with van der Waals surface area (Å²) in [7, 11) is 1.27. The maximum atomic E-state index is 12.9. The van der Waals surface area contributed by atoms with Gasteiger partial charge in [0, 0.05) is 23.1 Å². The molecule has 2 atom stereocenters. The van der Waals surface area contributed by atoms with Crippen LogP contribution in [0.15, 0.2) is 47.6 Å². The highest BCUT2D eigenvalue weighted by molar-refractivity contribution is 6.03. The Morgan fingerprint density at radius 1 is 1.19 bits per heavy atom. The Labute approximate surface area is 208 Å². The lowest BCUT2D eigenvalue weighted by atomic mass is 9.87. The molecule has 1 aliphatic rings. The largest absolute Gasteiger partial charge is 0.573 e. The topological polar surface area (TPSA) is 80.2 Å². The van der Waals surface area contributed by atoms with Gasteiger partial charge in [0.05, 0.1) is 19.4 Å². The van der Waals surface area contributed by atoms with Gasteiger partial charge in [-0.3, -0.25) is 9.80 Å². The van der Waals surface area contributed by atoms with E-state index in [1.165, 1.54) is 19.2 Å². The molecule has 0 aliphatic carbocycles. The van der Waals surface area contributed by atoms with Gasteiger partial charge in [0.25, 0.3) is 0 Å². The van der Waals surface area contributed by atoms with Crippen LogP contribution in [0.25, 0.3) is 0 Å². The Kier molecular flexibility index (Phi) is 8.60. The van der Waals surface area contributed by atoms with Crippen LogP contribution < -0.4 is 14.8 Å². The van der Waals surface area contributed by atoms with Crippen LogP contribution in [0.4, 0.5) is 18.9 Å². The van der Waals surface area contributed by atoms with E-state index in [0.717, 1.165) is 11.8 Å². The summed E-state index contributed by atoms with van der Waals surface area (Å²) in [6, 6.07) is 11.0. The molecular formula is C26H30F3N3O4. The number of carbonyl (C=O) groups is 2. The summed E-state index contributed by atoms with van der Waals surface area (Å²) in [6.07, 6.45) is -2.90. The van der Waals surface area contributed by atoms with E-state index in [9.17, 15) is 22.8 Å². The maximum Gasteiger partial charge on any atom is 0.573 e. The summed E-state index contributed by atoms with van der Waals surface area (Å²) in [5, 5.41) is 9.18. The zero-order valence-corrected chi connectivity index (χ0v) is 20.6. The average Bonchev–Trinajstić information content (AvgIpc) is 2.83. The van der Waals surface area contributed by atoms with Crippen LogP contribution in [0.2, 0.25) is 0 Å². The summed E-state index contributed by atoms with van der Waals surface area (Å²) < 4.78 is 48.0. The number of alkyl halides is 3. The van der Waals surface area contributed by atoms with Crippen molar-refractivity contribution in [2.75, 3.05) is 12.4 Å². The highest BCUT2D eigenvalue weighted by Gasteiger charge is 2.34. The zero-order chi connectivity index (χ0) is 26.5. The molecule has 2 aromatic carbocycles. The third kappa shape index (κ3) is 6.77. The summed E-state index contributed by atoms with van der Waals surface area (Å²) in [5.74, 6) is -0.869. The molecule has 0 aromatic heterocycles. The van der Waals surface area contributed by atoms with Crippen molar-refractivity contribution in [1.82, 2.24) is 5.01 Å². The Morgan fingerprint density at radius 3 is 2.44 bits per heavy atom. The van der Waals surface area contributed by atoms with Crippen molar-refractivity contribution in [2.24, 2.45) is 16.9 Å². The van der Waals surface area contributed by atoms with Crippen LogP contribution in [0.5, 0.6) is 11.5 Å². The average molecular weight is 506 g/mol. The van der Waals surface area contributed by atoms with Crippen molar-refractivity contribution in [1.29, 1.82) is 0 Å². The predicted octanol–water partition coefficient (Wildman–Crippen LogP) is 5.39. The Bertz CT molecular complexity index is 1100. The number of benzene rings is 2. The minimum absolute atomic E-state index is 0.0483. The molecule has 0 bridgehead atoms. The molecule has 0 fully saturated rings. The first-order valence-electron chi connectivity index (χ1n) is 11.7. The number of nitrogens with one attached hydrogen (secondary N) is 1. The number of nitrogens with zero attached hydrogens (tertiary/aromatic N) is 2. The second-order valence-electron chi connectivity index (χ2n) is 8.88. The van der Waals surface area contributed by atoms with Crippen molar-refractivity contribution < 1.29 is 32.2 Å². The van der Waals surface area contributed by atoms with Gasteiger partial charge in [-0.1, -0.05) is 32.9 Å². The normalized spacial score (nSPS) is 18.0. The standard InChI is InChI=1S/C26H30F3N3O4/c1-5-18-12-21(15-33)32(14-17-6-9-20(10-7-17)30-25(34)16(2)3)31-24(18)19-8-11-22(35-4)23(13-19)36-26(27,28)29/h6-11,13,15-16,18,21H,5,12,14H2,1-4H3,(H,30,34). The van der Waals surface area contributed by atoms with Crippen molar-refractivity contribution in [3.63, 3.8) is 0 Å². The van der Waals surface area contributed by atoms with Crippen LogP contribution in [0.3, 0.4) is 0 Å². The van der Waals surface area contributed by atoms with E-state index in [2.05, 4.69) is 10.1 Å². The first-order valence-corrected chi connectivity index (χ1v) is 11.7. The third-order valence-electron chi connectivity index (χ3n) is 5.96. The lowest BCUT2D eigenvalue weighted by Gasteiger charge is -2.35. The molecule has 2 aromatic rings.